The topological polar surface area (TPSA) is 64.7 Å². The predicted octanol–water partition coefficient (Wildman–Crippen LogP) is -0.641. The van der Waals surface area contributed by atoms with Gasteiger partial charge in [-0.3, -0.25) is 0 Å². The average Bonchev–Trinajstić information content (AvgIpc) is 2.54. The first-order valence-corrected chi connectivity index (χ1v) is 4.20. The average molecular weight is 175 g/mol. The Hall–Kier alpha value is -0.160. The van der Waals surface area contributed by atoms with Gasteiger partial charge in [-0.05, 0) is 6.42 Å². The molecule has 0 saturated carbocycles. The van der Waals surface area contributed by atoms with E-state index in [1.165, 1.54) is 0 Å². The molecule has 1 aliphatic rings. The molecule has 1 rings (SSSR count). The van der Waals surface area contributed by atoms with E-state index in [0.717, 1.165) is 6.42 Å². The Kier molecular flexibility index (Phi) is 3.46. The van der Waals surface area contributed by atoms with Crippen molar-refractivity contribution in [3.63, 3.8) is 0 Å². The van der Waals surface area contributed by atoms with Crippen LogP contribution in [0.1, 0.15) is 6.42 Å². The Bertz CT molecular complexity index is 134. The first-order valence-electron chi connectivity index (χ1n) is 4.20. The number of hydrogen-bond acceptors (Lipinski definition) is 4. The monoisotopic (exact) mass is 175 g/mol. The van der Waals surface area contributed by atoms with E-state index in [2.05, 4.69) is 0 Å². The second-order valence-electron chi connectivity index (χ2n) is 3.34. The van der Waals surface area contributed by atoms with E-state index in [1.54, 1.807) is 7.11 Å². The lowest BCUT2D eigenvalue weighted by Gasteiger charge is -2.30. The Morgan fingerprint density at radius 1 is 1.75 bits per heavy atom. The molecule has 4 heteroatoms. The molecule has 1 heterocycles. The lowest BCUT2D eigenvalue weighted by Crippen LogP contribution is -2.44. The fourth-order valence-corrected chi connectivity index (χ4v) is 1.52. The molecule has 2 atom stereocenters. The van der Waals surface area contributed by atoms with Crippen LogP contribution in [-0.4, -0.2) is 44.7 Å². The van der Waals surface area contributed by atoms with Gasteiger partial charge >= 0.3 is 0 Å². The highest BCUT2D eigenvalue weighted by molar-refractivity contribution is 4.90. The van der Waals surface area contributed by atoms with Crippen molar-refractivity contribution < 1.29 is 14.6 Å². The molecular weight excluding hydrogens is 158 g/mol. The summed E-state index contributed by atoms with van der Waals surface area (Å²) in [7, 11) is 1.57. The zero-order chi connectivity index (χ0) is 9.03. The van der Waals surface area contributed by atoms with Crippen LogP contribution in [0.5, 0.6) is 0 Å². The maximum Gasteiger partial charge on any atom is 0.0864 e. The molecule has 0 radical (unpaired) electrons. The summed E-state index contributed by atoms with van der Waals surface area (Å²) in [4.78, 5) is 0. The first-order chi connectivity index (χ1) is 5.75. The van der Waals surface area contributed by atoms with Gasteiger partial charge in [0.1, 0.15) is 0 Å². The van der Waals surface area contributed by atoms with Crippen molar-refractivity contribution >= 4 is 0 Å². The summed E-state index contributed by atoms with van der Waals surface area (Å²) in [5, 5.41) is 9.71. The molecule has 0 amide bonds. The summed E-state index contributed by atoms with van der Waals surface area (Å²) in [5.74, 6) is 0. The first kappa shape index (κ1) is 9.92. The van der Waals surface area contributed by atoms with Crippen LogP contribution in [-0.2, 0) is 9.47 Å². The summed E-state index contributed by atoms with van der Waals surface area (Å²) in [6.07, 6.45) is 0.323. The molecule has 0 aromatic carbocycles. The van der Waals surface area contributed by atoms with Crippen LogP contribution in [0.3, 0.4) is 0 Å². The van der Waals surface area contributed by atoms with E-state index in [1.807, 2.05) is 0 Å². The zero-order valence-corrected chi connectivity index (χ0v) is 7.45. The van der Waals surface area contributed by atoms with Gasteiger partial charge in [-0.2, -0.15) is 0 Å². The molecule has 0 bridgehead atoms. The van der Waals surface area contributed by atoms with Crippen molar-refractivity contribution in [2.24, 2.45) is 11.1 Å². The van der Waals surface area contributed by atoms with Gasteiger partial charge < -0.3 is 20.3 Å². The fourth-order valence-electron chi connectivity index (χ4n) is 1.52. The van der Waals surface area contributed by atoms with E-state index in [4.69, 9.17) is 15.2 Å². The van der Waals surface area contributed by atoms with Crippen LogP contribution in [0, 0.1) is 5.41 Å². The SMILES string of the molecule is COCC(O)C1(CN)CCOC1. The number of nitrogens with two attached hydrogens (primary N) is 1. The number of rotatable bonds is 4. The fraction of sp³-hybridized carbons (Fsp3) is 1.00. The lowest BCUT2D eigenvalue weighted by molar-refractivity contribution is -0.0290. The summed E-state index contributed by atoms with van der Waals surface area (Å²) < 4.78 is 10.1. The quantitative estimate of drug-likeness (QED) is 0.596. The molecule has 0 aromatic rings. The molecule has 72 valence electrons. The van der Waals surface area contributed by atoms with Crippen LogP contribution < -0.4 is 5.73 Å². The molecule has 1 fully saturated rings. The van der Waals surface area contributed by atoms with Crippen molar-refractivity contribution in [3.8, 4) is 0 Å². The molecule has 0 aromatic heterocycles. The molecule has 12 heavy (non-hydrogen) atoms. The van der Waals surface area contributed by atoms with Gasteiger partial charge in [-0.1, -0.05) is 0 Å². The molecule has 1 aliphatic heterocycles. The maximum atomic E-state index is 9.71. The molecule has 0 spiro atoms. The molecule has 0 aliphatic carbocycles. The minimum atomic E-state index is -0.505. The highest BCUT2D eigenvalue weighted by Crippen LogP contribution is 2.31. The summed E-state index contributed by atoms with van der Waals surface area (Å²) in [6.45, 7) is 2.03. The van der Waals surface area contributed by atoms with Crippen LogP contribution in [0.4, 0.5) is 0 Å². The van der Waals surface area contributed by atoms with Crippen molar-refractivity contribution in [2.45, 2.75) is 12.5 Å². The van der Waals surface area contributed by atoms with Gasteiger partial charge in [0, 0.05) is 25.7 Å². The minimum absolute atomic E-state index is 0.268. The van der Waals surface area contributed by atoms with Gasteiger partial charge in [0.05, 0.1) is 19.3 Å². The Morgan fingerprint density at radius 3 is 2.92 bits per heavy atom. The number of hydrogen-bond donors (Lipinski definition) is 2. The van der Waals surface area contributed by atoms with E-state index < -0.39 is 6.10 Å². The van der Waals surface area contributed by atoms with Crippen LogP contribution in [0.2, 0.25) is 0 Å². The second-order valence-corrected chi connectivity index (χ2v) is 3.34. The minimum Gasteiger partial charge on any atom is -0.390 e. The number of methoxy groups -OCH3 is 1. The van der Waals surface area contributed by atoms with Gasteiger partial charge in [-0.25, -0.2) is 0 Å². The second kappa shape index (κ2) is 4.18. The predicted molar refractivity (Wildman–Crippen MR) is 44.8 cm³/mol. The van der Waals surface area contributed by atoms with E-state index in [0.29, 0.717) is 26.4 Å². The number of ether oxygens (including phenoxy) is 2. The van der Waals surface area contributed by atoms with Gasteiger partial charge in [0.15, 0.2) is 0 Å². The van der Waals surface area contributed by atoms with Crippen LogP contribution >= 0.6 is 0 Å². The number of aliphatic hydroxyl groups is 1. The normalized spacial score (nSPS) is 32.2. The van der Waals surface area contributed by atoms with E-state index >= 15 is 0 Å². The number of aliphatic hydroxyl groups excluding tert-OH is 1. The Balaban J connectivity index is 2.52. The zero-order valence-electron chi connectivity index (χ0n) is 7.45. The molecular formula is C8H17NO3. The summed E-state index contributed by atoms with van der Waals surface area (Å²) in [6, 6.07) is 0. The van der Waals surface area contributed by atoms with Crippen molar-refractivity contribution in [1.82, 2.24) is 0 Å². The highest BCUT2D eigenvalue weighted by atomic mass is 16.5. The van der Waals surface area contributed by atoms with Crippen molar-refractivity contribution in [2.75, 3.05) is 33.5 Å². The third-order valence-corrected chi connectivity index (χ3v) is 2.57. The maximum absolute atomic E-state index is 9.71. The standard InChI is InChI=1S/C8H17NO3/c1-11-4-7(10)8(5-9)2-3-12-6-8/h7,10H,2-6,9H2,1H3. The van der Waals surface area contributed by atoms with E-state index in [9.17, 15) is 5.11 Å². The van der Waals surface area contributed by atoms with Gasteiger partial charge in [0.25, 0.3) is 0 Å². The van der Waals surface area contributed by atoms with Crippen molar-refractivity contribution in [1.29, 1.82) is 0 Å². The third-order valence-electron chi connectivity index (χ3n) is 2.57. The molecule has 1 saturated heterocycles. The van der Waals surface area contributed by atoms with Gasteiger partial charge in [-0.15, -0.1) is 0 Å². The largest absolute Gasteiger partial charge is 0.390 e. The van der Waals surface area contributed by atoms with Crippen molar-refractivity contribution in [3.05, 3.63) is 0 Å². The Morgan fingerprint density at radius 2 is 2.50 bits per heavy atom. The smallest absolute Gasteiger partial charge is 0.0864 e. The molecule has 2 unspecified atom stereocenters. The Labute approximate surface area is 72.6 Å². The van der Waals surface area contributed by atoms with Gasteiger partial charge in [0.2, 0.25) is 0 Å². The van der Waals surface area contributed by atoms with E-state index in [-0.39, 0.29) is 5.41 Å². The highest BCUT2D eigenvalue weighted by Gasteiger charge is 2.40. The lowest BCUT2D eigenvalue weighted by atomic mass is 9.82. The molecule has 3 N–H and O–H groups in total. The van der Waals surface area contributed by atoms with Crippen LogP contribution in [0.15, 0.2) is 0 Å². The van der Waals surface area contributed by atoms with Crippen LogP contribution in [0.25, 0.3) is 0 Å². The summed E-state index contributed by atoms with van der Waals surface area (Å²) in [5.41, 5.74) is 5.34. The molecule has 4 nitrogen and oxygen atoms in total. The third kappa shape index (κ3) is 1.77. The summed E-state index contributed by atoms with van der Waals surface area (Å²) >= 11 is 0.